The Balaban J connectivity index is 1.37. The van der Waals surface area contributed by atoms with Gasteiger partial charge in [-0.3, -0.25) is 14.4 Å². The fourth-order valence-corrected chi connectivity index (χ4v) is 12.6. The summed E-state index contributed by atoms with van der Waals surface area (Å²) in [6.07, 6.45) is 12.8. The molecule has 5 aliphatic rings. The maximum absolute atomic E-state index is 14.2. The molecule has 9 heteroatoms. The van der Waals surface area contributed by atoms with E-state index in [4.69, 9.17) is 9.47 Å². The van der Waals surface area contributed by atoms with Gasteiger partial charge in [0.2, 0.25) is 0 Å². The lowest BCUT2D eigenvalue weighted by molar-refractivity contribution is -0.161. The molecule has 0 aromatic carbocycles. The number of rotatable bonds is 9. The van der Waals surface area contributed by atoms with Crippen LogP contribution in [0.25, 0.3) is 0 Å². The Morgan fingerprint density at radius 2 is 1.55 bits per heavy atom. The molecule has 56 heavy (non-hydrogen) atoms. The molecule has 1 saturated heterocycles. The van der Waals surface area contributed by atoms with Crippen LogP contribution in [0.3, 0.4) is 0 Å². The van der Waals surface area contributed by atoms with Gasteiger partial charge in [0.15, 0.2) is 5.78 Å². The molecule has 5 rings (SSSR count). The number of hydrogen-bond acceptors (Lipinski definition) is 7. The van der Waals surface area contributed by atoms with Crippen LogP contribution in [0.5, 0.6) is 0 Å². The zero-order chi connectivity index (χ0) is 41.6. The van der Waals surface area contributed by atoms with Crippen molar-refractivity contribution in [2.24, 2.45) is 51.2 Å². The molecule has 318 valence electrons. The minimum atomic E-state index is -1.15. The molecule has 0 spiro atoms. The highest BCUT2D eigenvalue weighted by Gasteiger charge is 2.59. The number of carboxylic acids is 1. The van der Waals surface area contributed by atoms with Crippen molar-refractivity contribution in [1.29, 1.82) is 0 Å². The van der Waals surface area contributed by atoms with Crippen molar-refractivity contribution in [2.45, 2.75) is 190 Å². The first-order chi connectivity index (χ1) is 25.9. The van der Waals surface area contributed by atoms with Crippen molar-refractivity contribution < 1.29 is 33.8 Å². The maximum atomic E-state index is 14.2. The first-order valence-electron chi connectivity index (χ1n) is 22.3. The van der Waals surface area contributed by atoms with E-state index in [1.807, 2.05) is 25.7 Å². The first-order valence-corrected chi connectivity index (χ1v) is 22.3. The predicted molar refractivity (Wildman–Crippen MR) is 221 cm³/mol. The van der Waals surface area contributed by atoms with Gasteiger partial charge in [-0.1, -0.05) is 61.3 Å². The van der Waals surface area contributed by atoms with Gasteiger partial charge in [0.1, 0.15) is 5.60 Å². The third-order valence-electron chi connectivity index (χ3n) is 15.9. The first kappa shape index (κ1) is 44.7. The number of ketones is 1. The lowest BCUT2D eigenvalue weighted by atomic mass is 9.46. The summed E-state index contributed by atoms with van der Waals surface area (Å²) in [5.74, 6) is 0.688. The number of nitrogens with zero attached hydrogens (tertiary/aromatic N) is 1. The van der Waals surface area contributed by atoms with Crippen molar-refractivity contribution in [3.05, 3.63) is 11.1 Å². The largest absolute Gasteiger partial charge is 0.481 e. The molecule has 4 aliphatic carbocycles. The number of hydrogen-bond donors (Lipinski definition) is 2. The number of piperidine rings is 1. The molecular formula is C47H78N2O7. The van der Waals surface area contributed by atoms with E-state index < -0.39 is 23.0 Å². The molecule has 1 unspecified atom stereocenters. The van der Waals surface area contributed by atoms with Crippen LogP contribution in [0.4, 0.5) is 4.79 Å². The summed E-state index contributed by atoms with van der Waals surface area (Å²) in [5.41, 5.74) is 0.758. The van der Waals surface area contributed by atoms with Gasteiger partial charge in [-0.05, 0) is 156 Å². The minimum Gasteiger partial charge on any atom is -0.481 e. The van der Waals surface area contributed by atoms with E-state index in [1.54, 1.807) is 13.8 Å². The number of esters is 1. The van der Waals surface area contributed by atoms with Crippen molar-refractivity contribution in [3.8, 4) is 0 Å². The summed E-state index contributed by atoms with van der Waals surface area (Å²) in [4.78, 5) is 53.4. The number of allylic oxidation sites excluding steroid dienone is 1. The van der Waals surface area contributed by atoms with E-state index in [9.17, 15) is 24.3 Å². The van der Waals surface area contributed by atoms with Gasteiger partial charge in [-0.2, -0.15) is 0 Å². The number of ether oxygens (including phenoxy) is 2. The van der Waals surface area contributed by atoms with Crippen LogP contribution in [0.15, 0.2) is 11.1 Å². The van der Waals surface area contributed by atoms with Crippen molar-refractivity contribution >= 4 is 23.8 Å². The molecule has 1 heterocycles. The summed E-state index contributed by atoms with van der Waals surface area (Å²) in [7, 11) is 0. The number of nitrogens with one attached hydrogen (secondary N) is 1. The average molecular weight is 783 g/mol. The third kappa shape index (κ3) is 8.93. The predicted octanol–water partition coefficient (Wildman–Crippen LogP) is 10.1. The summed E-state index contributed by atoms with van der Waals surface area (Å²) >= 11 is 0. The smallest absolute Gasteiger partial charge is 0.410 e. The molecule has 0 radical (unpaired) electrons. The van der Waals surface area contributed by atoms with Crippen LogP contribution >= 0.6 is 0 Å². The van der Waals surface area contributed by atoms with Crippen molar-refractivity contribution in [1.82, 2.24) is 10.2 Å². The minimum absolute atomic E-state index is 0.0432. The van der Waals surface area contributed by atoms with Gasteiger partial charge in [0.05, 0.1) is 18.4 Å². The number of Topliss-reactive ketones (excluding diaryl/α,β-unsaturated/α-hetero) is 1. The van der Waals surface area contributed by atoms with E-state index in [-0.39, 0.29) is 52.2 Å². The van der Waals surface area contributed by atoms with E-state index in [1.165, 1.54) is 5.57 Å². The Bertz CT molecular complexity index is 1520. The lowest BCUT2D eigenvalue weighted by Crippen LogP contribution is -2.59. The molecule has 1 aliphatic heterocycles. The molecule has 2 N–H and O–H groups in total. The quantitative estimate of drug-likeness (QED) is 0.222. The third-order valence-corrected chi connectivity index (χ3v) is 15.9. The Morgan fingerprint density at radius 3 is 2.14 bits per heavy atom. The fraction of sp³-hybridized carbons (Fsp3) is 0.872. The van der Waals surface area contributed by atoms with E-state index in [0.29, 0.717) is 49.7 Å². The number of carbonyl (C=O) groups is 4. The zero-order valence-electron chi connectivity index (χ0n) is 37.3. The van der Waals surface area contributed by atoms with Crippen LogP contribution in [-0.4, -0.2) is 70.7 Å². The Hall–Kier alpha value is -2.42. The maximum Gasteiger partial charge on any atom is 0.410 e. The Morgan fingerprint density at radius 1 is 0.893 bits per heavy atom. The molecule has 0 bridgehead atoms. The number of aliphatic carboxylic acids is 1. The molecule has 3 saturated carbocycles. The Labute approximate surface area is 339 Å². The van der Waals surface area contributed by atoms with Crippen LogP contribution in [0.1, 0.15) is 173 Å². The second-order valence-corrected chi connectivity index (χ2v) is 22.0. The van der Waals surface area contributed by atoms with Crippen molar-refractivity contribution in [3.63, 3.8) is 0 Å². The lowest BCUT2D eigenvalue weighted by Gasteiger charge is -2.59. The van der Waals surface area contributed by atoms with Crippen LogP contribution < -0.4 is 5.32 Å². The molecule has 0 aromatic heterocycles. The number of carbonyl (C=O) groups excluding carboxylic acids is 3. The highest BCUT2D eigenvalue weighted by Crippen LogP contribution is 2.64. The van der Waals surface area contributed by atoms with E-state index in [2.05, 4.69) is 53.8 Å². The van der Waals surface area contributed by atoms with E-state index in [0.717, 1.165) is 82.6 Å². The molecule has 9 nitrogen and oxygen atoms in total. The summed E-state index contributed by atoms with van der Waals surface area (Å²) in [6, 6.07) is 0.246. The molecule has 0 aromatic rings. The van der Waals surface area contributed by atoms with Gasteiger partial charge < -0.3 is 24.8 Å². The molecule has 4 fully saturated rings. The zero-order valence-corrected chi connectivity index (χ0v) is 37.3. The molecular weight excluding hydrogens is 705 g/mol. The summed E-state index contributed by atoms with van der Waals surface area (Å²) in [6.45, 7) is 27.3. The van der Waals surface area contributed by atoms with Crippen LogP contribution in [0, 0.1) is 51.2 Å². The molecule has 1 amide bonds. The number of amides is 1. The highest BCUT2D eigenvalue weighted by atomic mass is 16.6. The van der Waals surface area contributed by atoms with Gasteiger partial charge in [0, 0.05) is 31.1 Å². The Kier molecular flexibility index (Phi) is 13.0. The monoisotopic (exact) mass is 783 g/mol. The fourth-order valence-electron chi connectivity index (χ4n) is 12.6. The van der Waals surface area contributed by atoms with Gasteiger partial charge in [-0.15, -0.1) is 0 Å². The SMILES string of the molecule is CC[C@@H]1CCC2C3=C(C(C)C)C(=O)C[C@]3(NC3CCN(C(=O)OC(C)(C)C)CC3)CC[C@@]2(C)CCC[C@H]2C(C)(C)[C@@H](COC(=O)CC(C)(C)C(=O)O)CC[C@]12C. The number of likely N-dealkylation sites (tertiary alicyclic amines) is 1. The second kappa shape index (κ2) is 16.3. The number of carboxylic acid groups (broad SMARTS) is 1. The number of fused-ring (bicyclic) bond motifs is 4. The average Bonchev–Trinajstić information content (AvgIpc) is 3.37. The van der Waals surface area contributed by atoms with Gasteiger partial charge in [-0.25, -0.2) is 4.79 Å². The van der Waals surface area contributed by atoms with Crippen LogP contribution in [0.2, 0.25) is 0 Å². The van der Waals surface area contributed by atoms with Gasteiger partial charge in [0.25, 0.3) is 0 Å². The summed E-state index contributed by atoms with van der Waals surface area (Å²) < 4.78 is 11.6. The van der Waals surface area contributed by atoms with Crippen LogP contribution in [-0.2, 0) is 23.9 Å². The topological polar surface area (TPSA) is 122 Å². The van der Waals surface area contributed by atoms with Gasteiger partial charge >= 0.3 is 18.0 Å². The van der Waals surface area contributed by atoms with E-state index >= 15 is 0 Å². The molecule has 7 atom stereocenters. The highest BCUT2D eigenvalue weighted by molar-refractivity contribution is 6.01. The summed E-state index contributed by atoms with van der Waals surface area (Å²) in [5, 5.41) is 13.7. The second-order valence-electron chi connectivity index (χ2n) is 22.0. The normalized spacial score (nSPS) is 34.4. The van der Waals surface area contributed by atoms with Crippen molar-refractivity contribution in [2.75, 3.05) is 19.7 Å². The standard InChI is InChI=1S/C47H78N2O7/c1-13-31-16-17-34-39-38(30(2)3)35(50)27-47(39,48-33-19-25-49(26-20-33)41(54)56-42(4,5)6)24-23-45(34,11)21-14-15-36-44(9,10)32(18-22-46(31,36)12)29-55-37(51)28-43(7,8)40(52)53/h30-34,36,48H,13-29H2,1-12H3,(H,52,53)/t31-,32-,34?,36+,45-,46-,47-/m1/s1.